The summed E-state index contributed by atoms with van der Waals surface area (Å²) >= 11 is 1.17. The second kappa shape index (κ2) is 6.21. The van der Waals surface area contributed by atoms with Gasteiger partial charge in [-0.2, -0.15) is 4.31 Å². The van der Waals surface area contributed by atoms with E-state index in [0.29, 0.717) is 19.5 Å². The molecule has 1 aliphatic rings. The quantitative estimate of drug-likeness (QED) is 0.845. The maximum Gasteiger partial charge on any atom is 0.253 e. The SMILES string of the molecule is CNC(=O)C1CCCCN1S(=O)(=O)c1ccc(CN)s1. The van der Waals surface area contributed by atoms with Gasteiger partial charge in [0.2, 0.25) is 5.91 Å². The summed E-state index contributed by atoms with van der Waals surface area (Å²) in [5.74, 6) is -0.246. The average molecular weight is 317 g/mol. The van der Waals surface area contributed by atoms with E-state index in [2.05, 4.69) is 5.32 Å². The van der Waals surface area contributed by atoms with Gasteiger partial charge in [-0.25, -0.2) is 8.42 Å². The highest BCUT2D eigenvalue weighted by Gasteiger charge is 2.37. The Labute approximate surface area is 123 Å². The number of nitrogens with zero attached hydrogens (tertiary/aromatic N) is 1. The number of sulfonamides is 1. The second-order valence-electron chi connectivity index (χ2n) is 4.67. The maximum absolute atomic E-state index is 12.7. The standard InChI is InChI=1S/C12H19N3O3S2/c1-14-12(16)10-4-2-3-7-15(10)20(17,18)11-6-5-9(8-13)19-11/h5-6,10H,2-4,7-8,13H2,1H3,(H,14,16). The van der Waals surface area contributed by atoms with Crippen LogP contribution >= 0.6 is 11.3 Å². The molecule has 1 atom stereocenters. The van der Waals surface area contributed by atoms with Gasteiger partial charge in [0.05, 0.1) is 0 Å². The molecular weight excluding hydrogens is 298 g/mol. The lowest BCUT2D eigenvalue weighted by Gasteiger charge is -2.32. The second-order valence-corrected chi connectivity index (χ2v) is 7.95. The monoisotopic (exact) mass is 317 g/mol. The fourth-order valence-electron chi connectivity index (χ4n) is 2.34. The molecule has 0 saturated carbocycles. The highest BCUT2D eigenvalue weighted by atomic mass is 32.2. The summed E-state index contributed by atoms with van der Waals surface area (Å²) in [7, 11) is -2.09. The zero-order chi connectivity index (χ0) is 14.8. The number of nitrogens with one attached hydrogen (secondary N) is 1. The Morgan fingerprint density at radius 3 is 2.85 bits per heavy atom. The van der Waals surface area contributed by atoms with Gasteiger partial charge in [-0.05, 0) is 25.0 Å². The van der Waals surface area contributed by atoms with Crippen molar-refractivity contribution in [1.29, 1.82) is 0 Å². The van der Waals surface area contributed by atoms with Crippen molar-refractivity contribution in [3.8, 4) is 0 Å². The van der Waals surface area contributed by atoms with Gasteiger partial charge in [0.15, 0.2) is 0 Å². The number of rotatable bonds is 4. The molecule has 112 valence electrons. The molecule has 1 unspecified atom stereocenters. The van der Waals surface area contributed by atoms with Gasteiger partial charge < -0.3 is 11.1 Å². The lowest BCUT2D eigenvalue weighted by molar-refractivity contribution is -0.125. The van der Waals surface area contributed by atoms with Crippen molar-refractivity contribution < 1.29 is 13.2 Å². The van der Waals surface area contributed by atoms with Crippen LogP contribution in [0.2, 0.25) is 0 Å². The molecule has 2 heterocycles. The number of carbonyl (C=O) groups is 1. The normalized spacial score (nSPS) is 20.8. The number of piperidine rings is 1. The lowest BCUT2D eigenvalue weighted by atomic mass is 10.0. The Balaban J connectivity index is 2.32. The molecule has 8 heteroatoms. The maximum atomic E-state index is 12.7. The summed E-state index contributed by atoms with van der Waals surface area (Å²) in [6.07, 6.45) is 2.21. The molecule has 1 aromatic heterocycles. The number of amides is 1. The molecular formula is C12H19N3O3S2. The third-order valence-corrected chi connectivity index (χ3v) is 6.89. The summed E-state index contributed by atoms with van der Waals surface area (Å²) in [4.78, 5) is 12.7. The molecule has 0 radical (unpaired) electrons. The minimum Gasteiger partial charge on any atom is -0.358 e. The van der Waals surface area contributed by atoms with Crippen LogP contribution < -0.4 is 11.1 Å². The number of hydrogen-bond acceptors (Lipinski definition) is 5. The molecule has 1 saturated heterocycles. The summed E-state index contributed by atoms with van der Waals surface area (Å²) in [6.45, 7) is 0.704. The van der Waals surface area contributed by atoms with E-state index in [1.54, 1.807) is 12.1 Å². The Bertz CT molecular complexity index is 583. The van der Waals surface area contributed by atoms with E-state index < -0.39 is 16.1 Å². The Morgan fingerprint density at radius 2 is 2.25 bits per heavy atom. The molecule has 2 rings (SSSR count). The molecule has 6 nitrogen and oxygen atoms in total. The van der Waals surface area contributed by atoms with Gasteiger partial charge in [0.25, 0.3) is 10.0 Å². The van der Waals surface area contributed by atoms with Crippen molar-refractivity contribution >= 4 is 27.3 Å². The third-order valence-electron chi connectivity index (χ3n) is 3.40. The fourth-order valence-corrected chi connectivity index (χ4v) is 5.36. The first kappa shape index (κ1) is 15.4. The predicted molar refractivity (Wildman–Crippen MR) is 77.8 cm³/mol. The van der Waals surface area contributed by atoms with Gasteiger partial charge in [0, 0.05) is 25.0 Å². The van der Waals surface area contributed by atoms with Gasteiger partial charge in [-0.3, -0.25) is 4.79 Å². The number of likely N-dealkylation sites (N-methyl/N-ethyl adjacent to an activating group) is 1. The first-order valence-corrected chi connectivity index (χ1v) is 8.78. The predicted octanol–water partition coefficient (Wildman–Crippen LogP) is 0.496. The van der Waals surface area contributed by atoms with E-state index in [-0.39, 0.29) is 10.1 Å². The number of carbonyl (C=O) groups excluding carboxylic acids is 1. The van der Waals surface area contributed by atoms with Crippen LogP contribution in [0.15, 0.2) is 16.3 Å². The van der Waals surface area contributed by atoms with E-state index in [0.717, 1.165) is 17.7 Å². The first-order chi connectivity index (χ1) is 9.50. The highest BCUT2D eigenvalue weighted by Crippen LogP contribution is 2.29. The zero-order valence-electron chi connectivity index (χ0n) is 11.3. The molecule has 0 aliphatic carbocycles. The number of hydrogen-bond donors (Lipinski definition) is 2. The molecule has 1 aromatic rings. The van der Waals surface area contributed by atoms with E-state index >= 15 is 0 Å². The molecule has 1 amide bonds. The van der Waals surface area contributed by atoms with Crippen LogP contribution in [0.3, 0.4) is 0 Å². The Hall–Kier alpha value is -0.960. The summed E-state index contributed by atoms with van der Waals surface area (Å²) in [5.41, 5.74) is 5.52. The van der Waals surface area contributed by atoms with E-state index in [9.17, 15) is 13.2 Å². The van der Waals surface area contributed by atoms with E-state index in [1.165, 1.54) is 22.7 Å². The molecule has 0 aromatic carbocycles. The summed E-state index contributed by atoms with van der Waals surface area (Å²) in [6, 6.07) is 2.68. The number of nitrogens with two attached hydrogens (primary N) is 1. The minimum absolute atomic E-state index is 0.246. The minimum atomic E-state index is -3.62. The van der Waals surface area contributed by atoms with Crippen molar-refractivity contribution in [2.45, 2.75) is 36.1 Å². The summed E-state index contributed by atoms with van der Waals surface area (Å²) in [5, 5.41) is 2.54. The van der Waals surface area contributed by atoms with Crippen molar-refractivity contribution in [1.82, 2.24) is 9.62 Å². The van der Waals surface area contributed by atoms with Crippen LogP contribution in [-0.4, -0.2) is 38.3 Å². The third kappa shape index (κ3) is 2.88. The highest BCUT2D eigenvalue weighted by molar-refractivity contribution is 7.91. The first-order valence-electron chi connectivity index (χ1n) is 6.53. The van der Waals surface area contributed by atoms with Crippen LogP contribution in [-0.2, 0) is 21.4 Å². The Morgan fingerprint density at radius 1 is 1.50 bits per heavy atom. The molecule has 1 fully saturated rings. The van der Waals surface area contributed by atoms with Crippen LogP contribution in [0.4, 0.5) is 0 Å². The number of thiophene rings is 1. The van der Waals surface area contributed by atoms with E-state index in [1.807, 2.05) is 0 Å². The molecule has 0 bridgehead atoms. The van der Waals surface area contributed by atoms with Crippen LogP contribution in [0.5, 0.6) is 0 Å². The lowest BCUT2D eigenvalue weighted by Crippen LogP contribution is -2.50. The van der Waals surface area contributed by atoms with Gasteiger partial charge >= 0.3 is 0 Å². The molecule has 20 heavy (non-hydrogen) atoms. The van der Waals surface area contributed by atoms with Crippen LogP contribution in [0.1, 0.15) is 24.1 Å². The molecule has 0 spiro atoms. The zero-order valence-corrected chi connectivity index (χ0v) is 13.0. The smallest absolute Gasteiger partial charge is 0.253 e. The van der Waals surface area contributed by atoms with Gasteiger partial charge in [-0.1, -0.05) is 6.42 Å². The summed E-state index contributed by atoms with van der Waals surface area (Å²) < 4.78 is 26.9. The molecule has 3 N–H and O–H groups in total. The largest absolute Gasteiger partial charge is 0.358 e. The van der Waals surface area contributed by atoms with E-state index in [4.69, 9.17) is 5.73 Å². The van der Waals surface area contributed by atoms with Crippen LogP contribution in [0, 0.1) is 0 Å². The average Bonchev–Trinajstić information content (AvgIpc) is 2.96. The Kier molecular flexibility index (Phi) is 4.79. The van der Waals surface area contributed by atoms with Crippen molar-refractivity contribution in [3.63, 3.8) is 0 Å². The van der Waals surface area contributed by atoms with Crippen molar-refractivity contribution in [2.75, 3.05) is 13.6 Å². The molecule has 1 aliphatic heterocycles. The van der Waals surface area contributed by atoms with Gasteiger partial charge in [0.1, 0.15) is 10.3 Å². The van der Waals surface area contributed by atoms with Crippen LogP contribution in [0.25, 0.3) is 0 Å². The van der Waals surface area contributed by atoms with Crippen molar-refractivity contribution in [2.24, 2.45) is 5.73 Å². The topological polar surface area (TPSA) is 92.5 Å². The van der Waals surface area contributed by atoms with Crippen molar-refractivity contribution in [3.05, 3.63) is 17.0 Å². The fraction of sp³-hybridized carbons (Fsp3) is 0.583. The van der Waals surface area contributed by atoms with Gasteiger partial charge in [-0.15, -0.1) is 11.3 Å².